The number of nitrogens with zero attached hydrogens (tertiary/aromatic N) is 1. The smallest absolute Gasteiger partial charge is 0.305 e. The minimum absolute atomic E-state index is 0.119. The number of carbonyl (C=O) groups excluding carboxylic acids is 2. The zero-order chi connectivity index (χ0) is 33.7. The molecule has 5 aromatic rings. The Labute approximate surface area is 299 Å². The number of aromatic nitrogens is 2. The summed E-state index contributed by atoms with van der Waals surface area (Å²) in [6.07, 6.45) is 1.82. The number of rotatable bonds is 4. The number of thiocarbonyl (C=S) groups is 1. The lowest BCUT2D eigenvalue weighted by atomic mass is 9.52. The first-order chi connectivity index (χ1) is 23.1. The van der Waals surface area contributed by atoms with Gasteiger partial charge in [-0.3, -0.25) is 9.59 Å². The number of allylic oxidation sites excluding steroid dienone is 1. The van der Waals surface area contributed by atoms with Gasteiger partial charge in [-0.05, 0) is 94.7 Å². The van der Waals surface area contributed by atoms with Gasteiger partial charge in [0.1, 0.15) is 0 Å². The third kappa shape index (κ3) is 5.53. The summed E-state index contributed by atoms with van der Waals surface area (Å²) in [6.45, 7) is 0. The van der Waals surface area contributed by atoms with E-state index >= 15 is 0 Å². The molecule has 2 unspecified atom stereocenters. The van der Waals surface area contributed by atoms with Crippen molar-refractivity contribution in [2.24, 2.45) is 5.41 Å². The Morgan fingerprint density at radius 2 is 1.10 bits per heavy atom. The normalized spacial score (nSPS) is 19.2. The number of carbonyl (C=O) groups is 2. The summed E-state index contributed by atoms with van der Waals surface area (Å²) in [5, 5.41) is 7.30. The number of hydrogen-bond donors (Lipinski definition) is 3. The minimum Gasteiger partial charge on any atom is -0.305 e. The zero-order valence-electron chi connectivity index (χ0n) is 24.6. The molecule has 1 aromatic heterocycles. The van der Waals surface area contributed by atoms with Gasteiger partial charge in [-0.25, -0.2) is 4.79 Å². The van der Waals surface area contributed by atoms with Crippen molar-refractivity contribution in [3.8, 4) is 11.3 Å². The maximum absolute atomic E-state index is 14.8. The molecule has 2 atom stereocenters. The van der Waals surface area contributed by atoms with Gasteiger partial charge >= 0.3 is 5.69 Å². The fraction of sp³-hybridized carbons (Fsp3) is 0.0833. The molecular formula is C36H22Cl4N4O3S. The van der Waals surface area contributed by atoms with Crippen molar-refractivity contribution in [3.63, 3.8) is 0 Å². The molecular weight excluding hydrogens is 710 g/mol. The molecule has 48 heavy (non-hydrogen) atoms. The Bertz CT molecular complexity index is 2180. The second kappa shape index (κ2) is 12.6. The molecule has 0 bridgehead atoms. The van der Waals surface area contributed by atoms with Crippen LogP contribution in [0.1, 0.15) is 39.8 Å². The Morgan fingerprint density at radius 3 is 1.62 bits per heavy atom. The summed E-state index contributed by atoms with van der Waals surface area (Å²) in [5.41, 5.74) is 1.46. The van der Waals surface area contributed by atoms with Crippen LogP contribution in [0.5, 0.6) is 0 Å². The van der Waals surface area contributed by atoms with Crippen LogP contribution in [0, 0.1) is 5.41 Å². The predicted molar refractivity (Wildman–Crippen MR) is 193 cm³/mol. The van der Waals surface area contributed by atoms with Crippen LogP contribution in [0.4, 0.5) is 0 Å². The van der Waals surface area contributed by atoms with Gasteiger partial charge < -0.3 is 15.6 Å². The number of hydrogen-bond acceptors (Lipinski definition) is 5. The maximum Gasteiger partial charge on any atom is 0.345 e. The van der Waals surface area contributed by atoms with Gasteiger partial charge in [-0.2, -0.15) is 4.98 Å². The second-order valence-corrected chi connectivity index (χ2v) is 13.6. The van der Waals surface area contributed by atoms with Crippen LogP contribution in [0.25, 0.3) is 22.9 Å². The summed E-state index contributed by atoms with van der Waals surface area (Å²) < 4.78 is 0. The van der Waals surface area contributed by atoms with Gasteiger partial charge in [0.25, 0.3) is 0 Å². The molecule has 2 heterocycles. The van der Waals surface area contributed by atoms with E-state index in [-0.39, 0.29) is 5.11 Å². The monoisotopic (exact) mass is 730 g/mol. The quantitative estimate of drug-likeness (QED) is 0.128. The van der Waals surface area contributed by atoms with E-state index < -0.39 is 34.8 Å². The first-order valence-corrected chi connectivity index (χ1v) is 16.5. The lowest BCUT2D eigenvalue weighted by Gasteiger charge is -2.50. The molecule has 2 amide bonds. The molecule has 12 heteroatoms. The van der Waals surface area contributed by atoms with Crippen LogP contribution in [0.15, 0.2) is 102 Å². The van der Waals surface area contributed by atoms with Crippen LogP contribution in [0.3, 0.4) is 0 Å². The van der Waals surface area contributed by atoms with Crippen LogP contribution in [-0.4, -0.2) is 26.9 Å². The highest BCUT2D eigenvalue weighted by Crippen LogP contribution is 2.62. The van der Waals surface area contributed by atoms with E-state index in [0.29, 0.717) is 64.9 Å². The van der Waals surface area contributed by atoms with E-state index in [2.05, 4.69) is 20.6 Å². The lowest BCUT2D eigenvalue weighted by Crippen LogP contribution is -2.67. The summed E-state index contributed by atoms with van der Waals surface area (Å²) in [7, 11) is 0. The molecule has 0 saturated carbocycles. The van der Waals surface area contributed by atoms with Crippen LogP contribution in [0.2, 0.25) is 20.1 Å². The van der Waals surface area contributed by atoms with Crippen molar-refractivity contribution in [3.05, 3.63) is 156 Å². The fourth-order valence-corrected chi connectivity index (χ4v) is 7.44. The Morgan fingerprint density at radius 1 is 0.646 bits per heavy atom. The number of aromatic amines is 1. The number of H-pyrrole nitrogens is 1. The summed E-state index contributed by atoms with van der Waals surface area (Å²) >= 11 is 30.5. The minimum atomic E-state index is -1.92. The Hall–Kier alpha value is -4.31. The van der Waals surface area contributed by atoms with E-state index in [0.717, 1.165) is 0 Å². The molecule has 4 aromatic carbocycles. The fourth-order valence-electron chi connectivity index (χ4n) is 6.75. The lowest BCUT2D eigenvalue weighted by molar-refractivity contribution is -0.145. The van der Waals surface area contributed by atoms with Gasteiger partial charge in [0, 0.05) is 37.5 Å². The van der Waals surface area contributed by atoms with E-state index in [9.17, 15) is 14.4 Å². The van der Waals surface area contributed by atoms with Crippen molar-refractivity contribution < 1.29 is 9.59 Å². The predicted octanol–water partition coefficient (Wildman–Crippen LogP) is 8.04. The highest BCUT2D eigenvalue weighted by Gasteiger charge is 2.65. The van der Waals surface area contributed by atoms with E-state index in [1.54, 1.807) is 97.1 Å². The average Bonchev–Trinajstić information content (AvgIpc) is 3.06. The Balaban J connectivity index is 1.69. The number of nitrogens with one attached hydrogen (secondary N) is 3. The average molecular weight is 732 g/mol. The first-order valence-electron chi connectivity index (χ1n) is 14.6. The Kier molecular flexibility index (Phi) is 8.48. The van der Waals surface area contributed by atoms with E-state index in [1.165, 1.54) is 0 Å². The van der Waals surface area contributed by atoms with Gasteiger partial charge in [-0.15, -0.1) is 0 Å². The second-order valence-electron chi connectivity index (χ2n) is 11.4. The molecule has 1 spiro atoms. The molecule has 1 saturated heterocycles. The molecule has 7 nitrogen and oxygen atoms in total. The number of fused-ring (bicyclic) bond motifs is 1. The molecule has 238 valence electrons. The number of halogens is 4. The van der Waals surface area contributed by atoms with Gasteiger partial charge in [0.15, 0.2) is 10.5 Å². The highest BCUT2D eigenvalue weighted by atomic mass is 35.5. The third-order valence-electron chi connectivity index (χ3n) is 8.69. The van der Waals surface area contributed by atoms with Crippen LogP contribution >= 0.6 is 58.6 Å². The molecule has 1 aliphatic heterocycles. The molecule has 7 rings (SSSR count). The van der Waals surface area contributed by atoms with Crippen molar-refractivity contribution in [2.75, 3.05) is 0 Å². The van der Waals surface area contributed by atoms with Crippen molar-refractivity contribution >= 4 is 87.2 Å². The number of amides is 2. The van der Waals surface area contributed by atoms with Crippen LogP contribution < -0.4 is 16.3 Å². The van der Waals surface area contributed by atoms with E-state index in [1.807, 2.05) is 6.08 Å². The first kappa shape index (κ1) is 32.2. The molecule has 1 aliphatic carbocycles. The van der Waals surface area contributed by atoms with Crippen molar-refractivity contribution in [2.45, 2.75) is 11.8 Å². The largest absolute Gasteiger partial charge is 0.345 e. The van der Waals surface area contributed by atoms with Crippen molar-refractivity contribution in [1.29, 1.82) is 0 Å². The summed E-state index contributed by atoms with van der Waals surface area (Å²) in [5.74, 6) is -3.28. The topological polar surface area (TPSA) is 104 Å². The molecule has 0 radical (unpaired) electrons. The zero-order valence-corrected chi connectivity index (χ0v) is 28.4. The SMILES string of the molecule is O=C1NC(=S)NC(=O)C12C(c1ccc(Cl)cc1)/C(=C/c1ccc(Cl)cc1)c1nc(=O)[nH]c(-c3ccc(Cl)cc3)c1C2c1ccc(Cl)cc1. The molecule has 2 aliphatic rings. The van der Waals surface area contributed by atoms with Gasteiger partial charge in [0.05, 0.1) is 11.4 Å². The molecule has 3 N–H and O–H groups in total. The summed E-state index contributed by atoms with van der Waals surface area (Å²) in [4.78, 5) is 50.7. The highest BCUT2D eigenvalue weighted by molar-refractivity contribution is 7.80. The maximum atomic E-state index is 14.8. The number of benzene rings is 4. The van der Waals surface area contributed by atoms with Crippen LogP contribution in [-0.2, 0) is 9.59 Å². The van der Waals surface area contributed by atoms with Gasteiger partial charge in [0.2, 0.25) is 11.8 Å². The van der Waals surface area contributed by atoms with Crippen molar-refractivity contribution in [1.82, 2.24) is 20.6 Å². The summed E-state index contributed by atoms with van der Waals surface area (Å²) in [6, 6.07) is 27.7. The van der Waals surface area contributed by atoms with Gasteiger partial charge in [-0.1, -0.05) is 94.9 Å². The molecule has 1 fully saturated rings. The third-order valence-corrected chi connectivity index (χ3v) is 9.90. The standard InChI is InChI=1S/C36H22Cl4N4O3S/c37-22-9-1-18(2-10-22)17-26-28(19-3-11-23(38)12-4-19)36(32(45)43-35(48)44-33(36)46)29(20-5-13-24(39)14-6-20)27-30(41-34(47)42-31(26)27)21-7-15-25(40)16-8-21/h1-17,28-29H,(H,41,42,47)(H2,43,44,45,46,48)/b26-17-. The van der Waals surface area contributed by atoms with E-state index in [4.69, 9.17) is 58.6 Å².